The van der Waals surface area contributed by atoms with Crippen molar-refractivity contribution in [1.82, 2.24) is 9.97 Å². The molecule has 0 aliphatic heterocycles. The molecule has 106 valence electrons. The van der Waals surface area contributed by atoms with E-state index in [0.29, 0.717) is 13.1 Å². The standard InChI is InChI=1S/C13H15F2N5/c1-2-20(8-9-3-5-17-6-4-9)13-11(15)7-10(14)12(18-13)19-16/h3-7H,2,8,16H2,1H3,(H,18,19). The summed E-state index contributed by atoms with van der Waals surface area (Å²) in [6.45, 7) is 2.82. The molecule has 5 nitrogen and oxygen atoms in total. The highest BCUT2D eigenvalue weighted by atomic mass is 19.1. The van der Waals surface area contributed by atoms with E-state index in [-0.39, 0.29) is 11.6 Å². The van der Waals surface area contributed by atoms with Crippen molar-refractivity contribution in [2.45, 2.75) is 13.5 Å². The Morgan fingerprint density at radius 1 is 1.25 bits per heavy atom. The Bertz CT molecular complexity index is 576. The van der Waals surface area contributed by atoms with Crippen molar-refractivity contribution in [3.63, 3.8) is 0 Å². The third-order valence-electron chi connectivity index (χ3n) is 2.85. The van der Waals surface area contributed by atoms with Crippen LogP contribution < -0.4 is 16.2 Å². The van der Waals surface area contributed by atoms with Gasteiger partial charge in [-0.3, -0.25) is 4.98 Å². The fourth-order valence-corrected chi connectivity index (χ4v) is 1.82. The second kappa shape index (κ2) is 6.25. The Balaban J connectivity index is 2.32. The van der Waals surface area contributed by atoms with Gasteiger partial charge in [-0.1, -0.05) is 0 Å². The number of pyridine rings is 2. The summed E-state index contributed by atoms with van der Waals surface area (Å²) in [7, 11) is 0. The summed E-state index contributed by atoms with van der Waals surface area (Å²) in [5, 5.41) is 0. The van der Waals surface area contributed by atoms with Crippen molar-refractivity contribution >= 4 is 11.6 Å². The van der Waals surface area contributed by atoms with Crippen molar-refractivity contribution < 1.29 is 8.78 Å². The van der Waals surface area contributed by atoms with Gasteiger partial charge < -0.3 is 10.3 Å². The zero-order valence-electron chi connectivity index (χ0n) is 11.0. The topological polar surface area (TPSA) is 67.1 Å². The summed E-state index contributed by atoms with van der Waals surface area (Å²) >= 11 is 0. The number of rotatable bonds is 5. The van der Waals surface area contributed by atoms with Gasteiger partial charge in [0.1, 0.15) is 0 Å². The Morgan fingerprint density at radius 3 is 2.55 bits per heavy atom. The maximum absolute atomic E-state index is 13.9. The number of hydrogen-bond acceptors (Lipinski definition) is 5. The lowest BCUT2D eigenvalue weighted by Gasteiger charge is -2.23. The maximum atomic E-state index is 13.9. The number of hydrogen-bond donors (Lipinski definition) is 2. The zero-order valence-corrected chi connectivity index (χ0v) is 11.0. The van der Waals surface area contributed by atoms with Gasteiger partial charge in [-0.2, -0.15) is 0 Å². The predicted octanol–water partition coefficient (Wildman–Crippen LogP) is 2.07. The van der Waals surface area contributed by atoms with Crippen LogP contribution in [-0.4, -0.2) is 16.5 Å². The molecular formula is C13H15F2N5. The average molecular weight is 279 g/mol. The number of hydrazine groups is 1. The largest absolute Gasteiger partial charge is 0.350 e. The first kappa shape index (κ1) is 14.1. The first-order valence-corrected chi connectivity index (χ1v) is 6.12. The van der Waals surface area contributed by atoms with Crippen LogP contribution in [0.4, 0.5) is 20.4 Å². The molecule has 0 radical (unpaired) electrons. The Labute approximate surface area is 115 Å². The van der Waals surface area contributed by atoms with Crippen molar-refractivity contribution in [1.29, 1.82) is 0 Å². The monoisotopic (exact) mass is 279 g/mol. The number of halogens is 2. The molecule has 2 rings (SSSR count). The highest BCUT2D eigenvalue weighted by molar-refractivity contribution is 5.49. The van der Waals surface area contributed by atoms with Gasteiger partial charge in [0.2, 0.25) is 0 Å². The molecule has 0 saturated carbocycles. The van der Waals surface area contributed by atoms with Gasteiger partial charge in [0.05, 0.1) is 0 Å². The van der Waals surface area contributed by atoms with Crippen molar-refractivity contribution in [2.75, 3.05) is 16.9 Å². The molecule has 0 bridgehead atoms. The molecule has 0 spiro atoms. The lowest BCUT2D eigenvalue weighted by Crippen LogP contribution is -2.25. The van der Waals surface area contributed by atoms with E-state index >= 15 is 0 Å². The predicted molar refractivity (Wildman–Crippen MR) is 72.9 cm³/mol. The average Bonchev–Trinajstić information content (AvgIpc) is 2.46. The van der Waals surface area contributed by atoms with Gasteiger partial charge in [0.25, 0.3) is 0 Å². The van der Waals surface area contributed by atoms with Gasteiger partial charge in [0.15, 0.2) is 23.3 Å². The highest BCUT2D eigenvalue weighted by Gasteiger charge is 2.16. The second-order valence-electron chi connectivity index (χ2n) is 4.14. The van der Waals surface area contributed by atoms with Gasteiger partial charge in [-0.05, 0) is 24.6 Å². The van der Waals surface area contributed by atoms with E-state index in [4.69, 9.17) is 5.84 Å². The minimum Gasteiger partial charge on any atom is -0.350 e. The third kappa shape index (κ3) is 3.00. The Hall–Kier alpha value is -2.28. The van der Waals surface area contributed by atoms with Crippen LogP contribution in [0.25, 0.3) is 0 Å². The number of anilines is 2. The quantitative estimate of drug-likeness (QED) is 0.648. The van der Waals surface area contributed by atoms with Gasteiger partial charge in [0, 0.05) is 31.5 Å². The molecule has 0 saturated heterocycles. The van der Waals surface area contributed by atoms with Crippen LogP contribution in [0.1, 0.15) is 12.5 Å². The van der Waals surface area contributed by atoms with E-state index in [1.165, 1.54) is 0 Å². The molecule has 2 heterocycles. The fraction of sp³-hybridized carbons (Fsp3) is 0.231. The maximum Gasteiger partial charge on any atom is 0.178 e. The van der Waals surface area contributed by atoms with Crippen molar-refractivity contribution in [2.24, 2.45) is 5.84 Å². The van der Waals surface area contributed by atoms with E-state index in [9.17, 15) is 8.78 Å². The molecule has 0 unspecified atom stereocenters. The molecule has 0 aromatic carbocycles. The smallest absolute Gasteiger partial charge is 0.178 e. The van der Waals surface area contributed by atoms with E-state index in [2.05, 4.69) is 15.4 Å². The van der Waals surface area contributed by atoms with Crippen LogP contribution in [0.2, 0.25) is 0 Å². The van der Waals surface area contributed by atoms with Gasteiger partial charge in [-0.25, -0.2) is 19.6 Å². The molecule has 2 aromatic rings. The molecule has 0 fully saturated rings. The van der Waals surface area contributed by atoms with Crippen LogP contribution in [0.5, 0.6) is 0 Å². The molecule has 0 aliphatic rings. The van der Waals surface area contributed by atoms with Crippen LogP contribution >= 0.6 is 0 Å². The lowest BCUT2D eigenvalue weighted by atomic mass is 10.2. The Kier molecular flexibility index (Phi) is 4.41. The minimum absolute atomic E-state index is 0.0543. The summed E-state index contributed by atoms with van der Waals surface area (Å²) in [6.07, 6.45) is 3.31. The zero-order chi connectivity index (χ0) is 14.5. The van der Waals surface area contributed by atoms with Gasteiger partial charge in [-0.15, -0.1) is 0 Å². The Morgan fingerprint density at radius 2 is 1.95 bits per heavy atom. The number of nitrogens with one attached hydrogen (secondary N) is 1. The van der Waals surface area contributed by atoms with Crippen LogP contribution in [0.3, 0.4) is 0 Å². The van der Waals surface area contributed by atoms with E-state index in [1.54, 1.807) is 17.3 Å². The third-order valence-corrected chi connectivity index (χ3v) is 2.85. The number of nitrogens with two attached hydrogens (primary N) is 1. The van der Waals surface area contributed by atoms with Crippen LogP contribution in [0, 0.1) is 11.6 Å². The van der Waals surface area contributed by atoms with Crippen LogP contribution in [-0.2, 0) is 6.54 Å². The number of nitrogen functional groups attached to an aromatic ring is 1. The summed E-state index contributed by atoms with van der Waals surface area (Å²) < 4.78 is 27.2. The first-order chi connectivity index (χ1) is 9.65. The van der Waals surface area contributed by atoms with Crippen LogP contribution in [0.15, 0.2) is 30.6 Å². The number of aromatic nitrogens is 2. The van der Waals surface area contributed by atoms with Crippen molar-refractivity contribution in [3.05, 3.63) is 47.8 Å². The summed E-state index contributed by atoms with van der Waals surface area (Å²) in [4.78, 5) is 9.49. The molecule has 20 heavy (non-hydrogen) atoms. The van der Waals surface area contributed by atoms with Crippen molar-refractivity contribution in [3.8, 4) is 0 Å². The second-order valence-corrected chi connectivity index (χ2v) is 4.14. The van der Waals surface area contributed by atoms with E-state index in [0.717, 1.165) is 11.6 Å². The van der Waals surface area contributed by atoms with E-state index < -0.39 is 11.6 Å². The van der Waals surface area contributed by atoms with Gasteiger partial charge >= 0.3 is 0 Å². The molecule has 3 N–H and O–H groups in total. The molecular weight excluding hydrogens is 264 g/mol. The molecule has 0 aliphatic carbocycles. The molecule has 0 amide bonds. The normalized spacial score (nSPS) is 10.4. The minimum atomic E-state index is -0.825. The highest BCUT2D eigenvalue weighted by Crippen LogP contribution is 2.23. The fourth-order valence-electron chi connectivity index (χ4n) is 1.82. The van der Waals surface area contributed by atoms with E-state index in [1.807, 2.05) is 19.1 Å². The lowest BCUT2D eigenvalue weighted by molar-refractivity contribution is 0.569. The molecule has 2 aromatic heterocycles. The summed E-state index contributed by atoms with van der Waals surface area (Å²) in [5.74, 6) is 3.48. The molecule has 0 atom stereocenters. The SMILES string of the molecule is CCN(Cc1ccncc1)c1nc(NN)c(F)cc1F. The first-order valence-electron chi connectivity index (χ1n) is 6.12. The molecule has 7 heteroatoms. The summed E-state index contributed by atoms with van der Waals surface area (Å²) in [5.41, 5.74) is 3.07. The summed E-state index contributed by atoms with van der Waals surface area (Å²) in [6, 6.07) is 4.42. The number of nitrogens with zero attached hydrogens (tertiary/aromatic N) is 3.